The Bertz CT molecular complexity index is 410. The lowest BCUT2D eigenvalue weighted by molar-refractivity contribution is 0.218. The normalized spacial score (nSPS) is 22.4. The third kappa shape index (κ3) is 3.63. The van der Waals surface area contributed by atoms with Crippen molar-refractivity contribution in [2.75, 3.05) is 32.1 Å². The van der Waals surface area contributed by atoms with Crippen LogP contribution in [0, 0.1) is 5.82 Å². The van der Waals surface area contributed by atoms with Crippen LogP contribution in [-0.4, -0.2) is 49.1 Å². The van der Waals surface area contributed by atoms with E-state index >= 15 is 0 Å². The zero-order chi connectivity index (χ0) is 13.8. The molecule has 0 bridgehead atoms. The third-order valence-corrected chi connectivity index (χ3v) is 5.17. The summed E-state index contributed by atoms with van der Waals surface area (Å²) in [4.78, 5) is 2.35. The van der Waals surface area contributed by atoms with Crippen LogP contribution in [0.1, 0.15) is 5.56 Å². The number of rotatable bonds is 4. The molecule has 0 saturated carbocycles. The molecule has 2 nitrogen and oxygen atoms in total. The standard InChI is InChI=1S/C14H20ClFN2S/c1-17-13(14-9-19-7-6-18(14)2)8-10-11(15)4-3-5-12(10)16/h3-5,13-14,17H,6-9H2,1-2H3. The molecule has 2 unspecified atom stereocenters. The van der Waals surface area contributed by atoms with Gasteiger partial charge in [0.25, 0.3) is 0 Å². The van der Waals surface area contributed by atoms with Gasteiger partial charge in [-0.25, -0.2) is 4.39 Å². The maximum absolute atomic E-state index is 13.9. The van der Waals surface area contributed by atoms with Crippen molar-refractivity contribution < 1.29 is 4.39 Å². The van der Waals surface area contributed by atoms with Gasteiger partial charge < -0.3 is 10.2 Å². The fourth-order valence-electron chi connectivity index (χ4n) is 2.51. The number of nitrogens with zero attached hydrogens (tertiary/aromatic N) is 1. The molecular weight excluding hydrogens is 283 g/mol. The van der Waals surface area contributed by atoms with Crippen molar-refractivity contribution in [1.82, 2.24) is 10.2 Å². The van der Waals surface area contributed by atoms with Gasteiger partial charge in [-0.05, 0) is 32.6 Å². The fourth-order valence-corrected chi connectivity index (χ4v) is 4.06. The minimum atomic E-state index is -0.209. The first-order valence-corrected chi connectivity index (χ1v) is 8.05. The second-order valence-electron chi connectivity index (χ2n) is 4.92. The van der Waals surface area contributed by atoms with E-state index in [-0.39, 0.29) is 11.9 Å². The molecule has 2 rings (SSSR count). The Hall–Kier alpha value is -0.290. The van der Waals surface area contributed by atoms with E-state index in [1.807, 2.05) is 18.8 Å². The van der Waals surface area contributed by atoms with Crippen LogP contribution in [-0.2, 0) is 6.42 Å². The van der Waals surface area contributed by atoms with E-state index in [4.69, 9.17) is 11.6 Å². The number of hydrogen-bond acceptors (Lipinski definition) is 3. The van der Waals surface area contributed by atoms with Crippen LogP contribution in [0.5, 0.6) is 0 Å². The topological polar surface area (TPSA) is 15.3 Å². The predicted molar refractivity (Wildman–Crippen MR) is 81.7 cm³/mol. The summed E-state index contributed by atoms with van der Waals surface area (Å²) in [5, 5.41) is 3.84. The van der Waals surface area contributed by atoms with Gasteiger partial charge in [-0.3, -0.25) is 0 Å². The van der Waals surface area contributed by atoms with E-state index in [2.05, 4.69) is 17.3 Å². The predicted octanol–water partition coefficient (Wildman–Crippen LogP) is 2.66. The molecule has 0 spiro atoms. The second-order valence-corrected chi connectivity index (χ2v) is 6.48. The number of halogens is 2. The van der Waals surface area contributed by atoms with E-state index in [0.29, 0.717) is 23.0 Å². The van der Waals surface area contributed by atoms with Crippen LogP contribution in [0.2, 0.25) is 5.02 Å². The molecule has 1 aromatic rings. The highest BCUT2D eigenvalue weighted by Gasteiger charge is 2.28. The minimum Gasteiger partial charge on any atom is -0.315 e. The van der Waals surface area contributed by atoms with Crippen LogP contribution in [0.25, 0.3) is 0 Å². The molecule has 1 fully saturated rings. The average Bonchev–Trinajstić information content (AvgIpc) is 2.40. The number of thioether (sulfide) groups is 1. The van der Waals surface area contributed by atoms with Crippen molar-refractivity contribution in [2.24, 2.45) is 0 Å². The number of hydrogen-bond donors (Lipinski definition) is 1. The maximum atomic E-state index is 13.9. The summed E-state index contributed by atoms with van der Waals surface area (Å²) in [5.41, 5.74) is 0.618. The summed E-state index contributed by atoms with van der Waals surface area (Å²) < 4.78 is 13.9. The molecule has 5 heteroatoms. The van der Waals surface area contributed by atoms with Gasteiger partial charge in [0.2, 0.25) is 0 Å². The lowest BCUT2D eigenvalue weighted by Gasteiger charge is -2.37. The Labute approximate surface area is 123 Å². The van der Waals surface area contributed by atoms with Crippen LogP contribution in [0.15, 0.2) is 18.2 Å². The Morgan fingerprint density at radius 2 is 2.37 bits per heavy atom. The quantitative estimate of drug-likeness (QED) is 0.920. The van der Waals surface area contributed by atoms with Crippen LogP contribution in [0.3, 0.4) is 0 Å². The monoisotopic (exact) mass is 302 g/mol. The molecule has 1 saturated heterocycles. The van der Waals surface area contributed by atoms with Gasteiger partial charge in [0.1, 0.15) is 5.82 Å². The molecule has 0 aromatic heterocycles. The van der Waals surface area contributed by atoms with E-state index < -0.39 is 0 Å². The van der Waals surface area contributed by atoms with Gasteiger partial charge in [-0.1, -0.05) is 17.7 Å². The molecule has 1 aliphatic rings. The highest BCUT2D eigenvalue weighted by molar-refractivity contribution is 7.99. The molecule has 2 atom stereocenters. The Balaban J connectivity index is 2.14. The molecule has 0 amide bonds. The molecule has 1 N–H and O–H groups in total. The largest absolute Gasteiger partial charge is 0.315 e. The Kier molecular flexibility index (Phi) is 5.51. The molecule has 1 aromatic carbocycles. The van der Waals surface area contributed by atoms with Gasteiger partial charge in [0, 0.05) is 40.7 Å². The summed E-state index contributed by atoms with van der Waals surface area (Å²) in [5.74, 6) is 2.04. The number of likely N-dealkylation sites (N-methyl/N-ethyl adjacent to an activating group) is 2. The summed E-state index contributed by atoms with van der Waals surface area (Å²) in [6, 6.07) is 5.52. The lowest BCUT2D eigenvalue weighted by Crippen LogP contribution is -2.52. The van der Waals surface area contributed by atoms with Crippen molar-refractivity contribution in [3.8, 4) is 0 Å². The first kappa shape index (κ1) is 15.1. The van der Waals surface area contributed by atoms with E-state index in [0.717, 1.165) is 12.3 Å². The Morgan fingerprint density at radius 1 is 1.58 bits per heavy atom. The number of benzene rings is 1. The molecule has 106 valence electrons. The van der Waals surface area contributed by atoms with Crippen LogP contribution < -0.4 is 5.32 Å². The SMILES string of the molecule is CNC(Cc1c(F)cccc1Cl)C1CSCCN1C. The van der Waals surface area contributed by atoms with Crippen LogP contribution >= 0.6 is 23.4 Å². The Morgan fingerprint density at radius 3 is 3.00 bits per heavy atom. The molecule has 1 heterocycles. The van der Waals surface area contributed by atoms with Crippen molar-refractivity contribution in [3.63, 3.8) is 0 Å². The van der Waals surface area contributed by atoms with Crippen LogP contribution in [0.4, 0.5) is 4.39 Å². The van der Waals surface area contributed by atoms with Crippen molar-refractivity contribution in [2.45, 2.75) is 18.5 Å². The summed E-state index contributed by atoms with van der Waals surface area (Å²) in [6.07, 6.45) is 0.623. The van der Waals surface area contributed by atoms with Gasteiger partial charge in [-0.2, -0.15) is 11.8 Å². The third-order valence-electron chi connectivity index (χ3n) is 3.76. The second kappa shape index (κ2) is 6.93. The number of nitrogens with one attached hydrogen (secondary N) is 1. The van der Waals surface area contributed by atoms with Crippen molar-refractivity contribution in [1.29, 1.82) is 0 Å². The molecule has 0 radical (unpaired) electrons. The van der Waals surface area contributed by atoms with Gasteiger partial charge in [-0.15, -0.1) is 0 Å². The molecule has 0 aliphatic carbocycles. The van der Waals surface area contributed by atoms with E-state index in [1.54, 1.807) is 12.1 Å². The first-order valence-electron chi connectivity index (χ1n) is 6.51. The first-order chi connectivity index (χ1) is 9.13. The summed E-state index contributed by atoms with van der Waals surface area (Å²) in [7, 11) is 4.07. The highest BCUT2D eigenvalue weighted by atomic mass is 35.5. The average molecular weight is 303 g/mol. The molecule has 1 aliphatic heterocycles. The fraction of sp³-hybridized carbons (Fsp3) is 0.571. The van der Waals surface area contributed by atoms with Crippen molar-refractivity contribution in [3.05, 3.63) is 34.6 Å². The zero-order valence-electron chi connectivity index (χ0n) is 11.3. The lowest BCUT2D eigenvalue weighted by atomic mass is 9.99. The molecule has 19 heavy (non-hydrogen) atoms. The van der Waals surface area contributed by atoms with Crippen molar-refractivity contribution >= 4 is 23.4 Å². The minimum absolute atomic E-state index is 0.209. The highest BCUT2D eigenvalue weighted by Crippen LogP contribution is 2.24. The van der Waals surface area contributed by atoms with Gasteiger partial charge >= 0.3 is 0 Å². The summed E-state index contributed by atoms with van der Waals surface area (Å²) >= 11 is 8.08. The van der Waals surface area contributed by atoms with Gasteiger partial charge in [0.15, 0.2) is 0 Å². The zero-order valence-corrected chi connectivity index (χ0v) is 12.9. The maximum Gasteiger partial charge on any atom is 0.127 e. The smallest absolute Gasteiger partial charge is 0.127 e. The van der Waals surface area contributed by atoms with E-state index in [1.165, 1.54) is 11.8 Å². The van der Waals surface area contributed by atoms with Gasteiger partial charge in [0.05, 0.1) is 0 Å². The summed E-state index contributed by atoms with van der Waals surface area (Å²) in [6.45, 7) is 1.08. The molecular formula is C14H20ClFN2S. The van der Waals surface area contributed by atoms with E-state index in [9.17, 15) is 4.39 Å².